The summed E-state index contributed by atoms with van der Waals surface area (Å²) in [6, 6.07) is 30.6. The summed E-state index contributed by atoms with van der Waals surface area (Å²) in [7, 11) is -3.52. The first kappa shape index (κ1) is 30.8. The normalized spacial score (nSPS) is 12.5. The molecular weight excluding hydrogens is 621 g/mol. The molecule has 5 rings (SSSR count). The monoisotopic (exact) mass is 647 g/mol. The van der Waals surface area contributed by atoms with Gasteiger partial charge in [0.05, 0.1) is 27.4 Å². The van der Waals surface area contributed by atoms with Gasteiger partial charge in [-0.15, -0.1) is 11.8 Å². The number of hydrogen-bond acceptors (Lipinski definition) is 5. The Labute approximate surface area is 265 Å². The molecule has 0 spiro atoms. The number of nitrogens with zero attached hydrogens (tertiary/aromatic N) is 1. The molecule has 5 nitrogen and oxygen atoms in total. The lowest BCUT2D eigenvalue weighted by Crippen LogP contribution is -2.10. The predicted octanol–water partition coefficient (Wildman–Crippen LogP) is 9.25. The number of halogens is 2. The quantitative estimate of drug-likeness (QED) is 0.154. The molecule has 1 atom stereocenters. The van der Waals surface area contributed by atoms with Crippen LogP contribution in [0.25, 0.3) is 23.1 Å². The SMILES string of the molecule is O=C(O)c1ccc(CSC(CCS(=O)(=O)c2ccc(Cl)cc2)c2cccc(/C=C/c3ccc4ccc(Cl)cc4n3)c2)cc1. The summed E-state index contributed by atoms with van der Waals surface area (Å²) in [6.07, 6.45) is 4.32. The van der Waals surface area contributed by atoms with Gasteiger partial charge in [0.15, 0.2) is 9.84 Å². The number of aromatic carboxylic acids is 1. The second-order valence-corrected chi connectivity index (χ2v) is 14.1. The summed E-state index contributed by atoms with van der Waals surface area (Å²) in [4.78, 5) is 16.2. The summed E-state index contributed by atoms with van der Waals surface area (Å²) in [5.74, 6) is -0.416. The first-order valence-corrected chi connectivity index (χ1v) is 16.9. The third kappa shape index (κ3) is 8.27. The molecule has 218 valence electrons. The lowest BCUT2D eigenvalue weighted by molar-refractivity contribution is 0.0697. The van der Waals surface area contributed by atoms with E-state index in [1.54, 1.807) is 48.2 Å². The maximum Gasteiger partial charge on any atom is 0.335 e. The topological polar surface area (TPSA) is 84.3 Å². The van der Waals surface area contributed by atoms with Crippen molar-refractivity contribution in [2.45, 2.75) is 22.3 Å². The summed E-state index contributed by atoms with van der Waals surface area (Å²) >= 11 is 13.7. The Balaban J connectivity index is 1.37. The molecule has 0 bridgehead atoms. The van der Waals surface area contributed by atoms with Crippen LogP contribution in [-0.2, 0) is 15.6 Å². The minimum absolute atomic E-state index is 0.0338. The minimum atomic E-state index is -3.52. The molecule has 1 aromatic heterocycles. The van der Waals surface area contributed by atoms with Crippen molar-refractivity contribution in [3.8, 4) is 0 Å². The maximum absolute atomic E-state index is 13.2. The number of carboxylic acid groups (broad SMARTS) is 1. The van der Waals surface area contributed by atoms with E-state index in [-0.39, 0.29) is 21.5 Å². The van der Waals surface area contributed by atoms with Crippen LogP contribution in [0.5, 0.6) is 0 Å². The highest BCUT2D eigenvalue weighted by molar-refractivity contribution is 7.98. The van der Waals surface area contributed by atoms with Crippen LogP contribution in [0.15, 0.2) is 108 Å². The van der Waals surface area contributed by atoms with E-state index in [9.17, 15) is 18.3 Å². The molecule has 43 heavy (non-hydrogen) atoms. The van der Waals surface area contributed by atoms with Crippen LogP contribution in [0.4, 0.5) is 0 Å². The van der Waals surface area contributed by atoms with Gasteiger partial charge in [-0.3, -0.25) is 0 Å². The van der Waals surface area contributed by atoms with Gasteiger partial charge in [0, 0.05) is 26.4 Å². The number of aromatic nitrogens is 1. The molecule has 1 N–H and O–H groups in total. The molecule has 5 aromatic rings. The van der Waals surface area contributed by atoms with E-state index >= 15 is 0 Å². The van der Waals surface area contributed by atoms with Crippen LogP contribution < -0.4 is 0 Å². The first-order chi connectivity index (χ1) is 20.7. The highest BCUT2D eigenvalue weighted by Gasteiger charge is 2.20. The number of thioether (sulfide) groups is 1. The van der Waals surface area contributed by atoms with Gasteiger partial charge < -0.3 is 5.11 Å². The molecule has 0 saturated heterocycles. The number of sulfone groups is 1. The number of rotatable bonds is 11. The number of benzene rings is 4. The maximum atomic E-state index is 13.2. The van der Waals surface area contributed by atoms with Crippen LogP contribution >= 0.6 is 35.0 Å². The second kappa shape index (κ2) is 13.8. The van der Waals surface area contributed by atoms with E-state index in [1.807, 2.05) is 60.7 Å². The molecule has 0 radical (unpaired) electrons. The third-order valence-corrected chi connectivity index (χ3v) is 10.5. The largest absolute Gasteiger partial charge is 0.478 e. The fourth-order valence-corrected chi connectivity index (χ4v) is 7.54. The van der Waals surface area contributed by atoms with Crippen molar-refractivity contribution >= 4 is 73.8 Å². The van der Waals surface area contributed by atoms with Crippen molar-refractivity contribution in [3.63, 3.8) is 0 Å². The summed E-state index contributed by atoms with van der Waals surface area (Å²) in [5.41, 5.74) is 4.76. The fraction of sp³-hybridized carbons (Fsp3) is 0.118. The van der Waals surface area contributed by atoms with Crippen molar-refractivity contribution in [2.24, 2.45) is 0 Å². The average Bonchev–Trinajstić information content (AvgIpc) is 3.00. The average molecular weight is 649 g/mol. The standard InChI is InChI=1S/C34H27Cl2NO4S2/c35-28-12-16-31(17-13-28)43(40,41)19-18-33(42-22-24-4-7-26(8-5-24)34(38)39)27-3-1-2-23(20-27)6-14-30-15-10-25-9-11-29(36)21-32(25)37-30/h1-17,20-21,33H,18-19,22H2,(H,38,39)/b14-6+. The van der Waals surface area contributed by atoms with Gasteiger partial charge in [-0.25, -0.2) is 18.2 Å². The van der Waals surface area contributed by atoms with Crippen LogP contribution in [0.3, 0.4) is 0 Å². The van der Waals surface area contributed by atoms with E-state index in [1.165, 1.54) is 12.1 Å². The second-order valence-electron chi connectivity index (χ2n) is 9.94. The van der Waals surface area contributed by atoms with Gasteiger partial charge in [0.2, 0.25) is 0 Å². The molecule has 1 heterocycles. The molecule has 4 aromatic carbocycles. The molecular formula is C34H27Cl2NO4S2. The summed E-state index contributed by atoms with van der Waals surface area (Å²) in [5, 5.41) is 11.2. The van der Waals surface area contributed by atoms with Gasteiger partial charge in [-0.1, -0.05) is 77.8 Å². The lowest BCUT2D eigenvalue weighted by atomic mass is 10.1. The van der Waals surface area contributed by atoms with Crippen molar-refractivity contribution in [2.75, 3.05) is 5.75 Å². The Morgan fingerprint density at radius 1 is 0.860 bits per heavy atom. The first-order valence-electron chi connectivity index (χ1n) is 13.4. The van der Waals surface area contributed by atoms with Crippen LogP contribution in [0.2, 0.25) is 10.0 Å². The Morgan fingerprint density at radius 3 is 2.33 bits per heavy atom. The molecule has 9 heteroatoms. The zero-order valence-electron chi connectivity index (χ0n) is 22.9. The van der Waals surface area contributed by atoms with E-state index in [0.29, 0.717) is 22.2 Å². The number of carboxylic acids is 1. The van der Waals surface area contributed by atoms with Gasteiger partial charge >= 0.3 is 5.97 Å². The van der Waals surface area contributed by atoms with Crippen molar-refractivity contribution in [3.05, 3.63) is 141 Å². The number of carbonyl (C=O) groups is 1. The predicted molar refractivity (Wildman–Crippen MR) is 178 cm³/mol. The fourth-order valence-electron chi connectivity index (χ4n) is 4.55. The highest BCUT2D eigenvalue weighted by atomic mass is 35.5. The number of fused-ring (bicyclic) bond motifs is 1. The molecule has 1 unspecified atom stereocenters. The Bertz CT molecular complexity index is 1890. The van der Waals surface area contributed by atoms with Crippen LogP contribution in [0, 0.1) is 0 Å². The number of pyridine rings is 1. The summed E-state index contributed by atoms with van der Waals surface area (Å²) in [6.45, 7) is 0. The third-order valence-electron chi connectivity index (χ3n) is 6.88. The molecule has 0 aliphatic carbocycles. The van der Waals surface area contributed by atoms with Gasteiger partial charge in [-0.2, -0.15) is 0 Å². The van der Waals surface area contributed by atoms with Crippen molar-refractivity contribution < 1.29 is 18.3 Å². The van der Waals surface area contributed by atoms with Gasteiger partial charge in [0.1, 0.15) is 0 Å². The molecule has 0 fully saturated rings. The smallest absolute Gasteiger partial charge is 0.335 e. The van der Waals surface area contributed by atoms with Gasteiger partial charge in [-0.05, 0) is 83.8 Å². The van der Waals surface area contributed by atoms with Crippen LogP contribution in [-0.4, -0.2) is 30.2 Å². The highest BCUT2D eigenvalue weighted by Crippen LogP contribution is 2.36. The lowest BCUT2D eigenvalue weighted by Gasteiger charge is -2.18. The van der Waals surface area contributed by atoms with E-state index in [0.717, 1.165) is 33.3 Å². The Morgan fingerprint density at radius 2 is 1.58 bits per heavy atom. The van der Waals surface area contributed by atoms with Crippen molar-refractivity contribution in [1.82, 2.24) is 4.98 Å². The van der Waals surface area contributed by atoms with Crippen LogP contribution in [0.1, 0.15) is 44.4 Å². The molecule has 0 aliphatic rings. The molecule has 0 aliphatic heterocycles. The minimum Gasteiger partial charge on any atom is -0.478 e. The Kier molecular flexibility index (Phi) is 9.88. The zero-order chi connectivity index (χ0) is 30.4. The van der Waals surface area contributed by atoms with E-state index in [2.05, 4.69) is 6.07 Å². The zero-order valence-corrected chi connectivity index (χ0v) is 26.0. The van der Waals surface area contributed by atoms with E-state index in [4.69, 9.17) is 28.2 Å². The van der Waals surface area contributed by atoms with Gasteiger partial charge in [0.25, 0.3) is 0 Å². The van der Waals surface area contributed by atoms with E-state index < -0.39 is 15.8 Å². The molecule has 0 amide bonds. The Hall–Kier alpha value is -3.62. The van der Waals surface area contributed by atoms with Crippen molar-refractivity contribution in [1.29, 1.82) is 0 Å². The summed E-state index contributed by atoms with van der Waals surface area (Å²) < 4.78 is 26.3. The number of hydrogen-bond donors (Lipinski definition) is 1. The molecule has 0 saturated carbocycles.